The molecule has 2 saturated heterocycles. The third kappa shape index (κ3) is 5.50. The van der Waals surface area contributed by atoms with E-state index >= 15 is 0 Å². The summed E-state index contributed by atoms with van der Waals surface area (Å²) < 4.78 is 27.7. The number of amides is 2. The second-order valence-corrected chi connectivity index (χ2v) is 11.7. The molecule has 2 amide bonds. The van der Waals surface area contributed by atoms with Gasteiger partial charge in [-0.2, -0.15) is 4.31 Å². The molecule has 8 heteroatoms. The standard InChI is InChI=1S/C26H33N3O4S/c1-19-16-20(2)18-29(17-19)34(32,33)24-10-8-22(9-11-24)26(31)28-14-12-21(13-15-28)25(30)27-23-6-4-3-5-7-23/h3-11,19-21H,12-18H2,1-2H3,(H,27,30). The second-order valence-electron chi connectivity index (χ2n) is 9.71. The van der Waals surface area contributed by atoms with Gasteiger partial charge in [0.2, 0.25) is 15.9 Å². The van der Waals surface area contributed by atoms with Gasteiger partial charge < -0.3 is 10.2 Å². The van der Waals surface area contributed by atoms with Crippen molar-refractivity contribution in [1.29, 1.82) is 0 Å². The molecule has 4 rings (SSSR count). The van der Waals surface area contributed by atoms with E-state index in [0.717, 1.165) is 12.1 Å². The van der Waals surface area contributed by atoms with E-state index < -0.39 is 10.0 Å². The number of anilines is 1. The maximum Gasteiger partial charge on any atom is 0.253 e. The number of rotatable bonds is 5. The molecular formula is C26H33N3O4S. The van der Waals surface area contributed by atoms with Gasteiger partial charge in [-0.3, -0.25) is 9.59 Å². The van der Waals surface area contributed by atoms with Crippen molar-refractivity contribution < 1.29 is 18.0 Å². The van der Waals surface area contributed by atoms with Crippen LogP contribution in [-0.2, 0) is 14.8 Å². The smallest absolute Gasteiger partial charge is 0.253 e. The third-order valence-corrected chi connectivity index (χ3v) is 8.61. The van der Waals surface area contributed by atoms with Crippen molar-refractivity contribution >= 4 is 27.5 Å². The second kappa shape index (κ2) is 10.3. The highest BCUT2D eigenvalue weighted by atomic mass is 32.2. The lowest BCUT2D eigenvalue weighted by Gasteiger charge is -2.34. The number of hydrogen-bond donors (Lipinski definition) is 1. The molecular weight excluding hydrogens is 450 g/mol. The molecule has 2 aromatic carbocycles. The molecule has 2 aromatic rings. The molecule has 0 saturated carbocycles. The Balaban J connectivity index is 1.35. The molecule has 7 nitrogen and oxygen atoms in total. The van der Waals surface area contributed by atoms with Gasteiger partial charge in [0.05, 0.1) is 4.90 Å². The van der Waals surface area contributed by atoms with E-state index in [1.807, 2.05) is 30.3 Å². The first-order chi connectivity index (χ1) is 16.2. The SMILES string of the molecule is CC1CC(C)CN(S(=O)(=O)c2ccc(C(=O)N3CCC(C(=O)Nc4ccccc4)CC3)cc2)C1. The van der Waals surface area contributed by atoms with Gasteiger partial charge in [0.25, 0.3) is 5.91 Å². The summed E-state index contributed by atoms with van der Waals surface area (Å²) in [5.74, 6) is 0.376. The minimum absolute atomic E-state index is 0.0193. The highest BCUT2D eigenvalue weighted by Crippen LogP contribution is 2.27. The van der Waals surface area contributed by atoms with Crippen LogP contribution in [-0.4, -0.2) is 55.6 Å². The number of hydrogen-bond acceptors (Lipinski definition) is 4. The quantitative estimate of drug-likeness (QED) is 0.700. The zero-order valence-corrected chi connectivity index (χ0v) is 20.6. The summed E-state index contributed by atoms with van der Waals surface area (Å²) in [6, 6.07) is 15.6. The monoisotopic (exact) mass is 483 g/mol. The van der Waals surface area contributed by atoms with E-state index in [1.165, 1.54) is 12.1 Å². The fourth-order valence-electron chi connectivity index (χ4n) is 5.01. The summed E-state index contributed by atoms with van der Waals surface area (Å²) >= 11 is 0. The van der Waals surface area contributed by atoms with Gasteiger partial charge in [-0.15, -0.1) is 0 Å². The van der Waals surface area contributed by atoms with Gasteiger partial charge in [0.15, 0.2) is 0 Å². The lowest BCUT2D eigenvalue weighted by molar-refractivity contribution is -0.121. The Morgan fingerprint density at radius 1 is 0.882 bits per heavy atom. The van der Waals surface area contributed by atoms with Crippen molar-refractivity contribution in [1.82, 2.24) is 9.21 Å². The Labute approximate surface area is 202 Å². The van der Waals surface area contributed by atoms with Crippen molar-refractivity contribution in [3.63, 3.8) is 0 Å². The molecule has 1 N–H and O–H groups in total. The number of para-hydroxylation sites is 1. The van der Waals surface area contributed by atoms with E-state index in [9.17, 15) is 18.0 Å². The number of nitrogens with zero attached hydrogens (tertiary/aromatic N) is 2. The van der Waals surface area contributed by atoms with Gasteiger partial charge in [-0.25, -0.2) is 8.42 Å². The lowest BCUT2D eigenvalue weighted by Crippen LogP contribution is -2.42. The number of piperidine rings is 2. The Bertz CT molecular complexity index is 1100. The van der Waals surface area contributed by atoms with Crippen LogP contribution in [0.25, 0.3) is 0 Å². The first-order valence-electron chi connectivity index (χ1n) is 12.0. The van der Waals surface area contributed by atoms with Gasteiger partial charge in [0, 0.05) is 43.3 Å². The average molecular weight is 484 g/mol. The van der Waals surface area contributed by atoms with Crippen molar-refractivity contribution in [3.8, 4) is 0 Å². The number of carbonyl (C=O) groups excluding carboxylic acids is 2. The van der Waals surface area contributed by atoms with E-state index in [4.69, 9.17) is 0 Å². The van der Waals surface area contributed by atoms with Crippen molar-refractivity contribution in [2.24, 2.45) is 17.8 Å². The normalized spacial score (nSPS) is 22.4. The summed E-state index contributed by atoms with van der Waals surface area (Å²) in [7, 11) is -3.57. The van der Waals surface area contributed by atoms with Crippen LogP contribution in [0.4, 0.5) is 5.69 Å². The topological polar surface area (TPSA) is 86.8 Å². The molecule has 2 aliphatic rings. The number of likely N-dealkylation sites (tertiary alicyclic amines) is 1. The van der Waals surface area contributed by atoms with E-state index in [1.54, 1.807) is 21.3 Å². The van der Waals surface area contributed by atoms with Crippen LogP contribution in [0, 0.1) is 17.8 Å². The number of benzene rings is 2. The van der Waals surface area contributed by atoms with Crippen LogP contribution in [0.15, 0.2) is 59.5 Å². The molecule has 0 aliphatic carbocycles. The zero-order chi connectivity index (χ0) is 24.3. The van der Waals surface area contributed by atoms with E-state index in [-0.39, 0.29) is 22.6 Å². The molecule has 2 heterocycles. The fourth-order valence-corrected chi connectivity index (χ4v) is 6.69. The first kappa shape index (κ1) is 24.4. The molecule has 2 aliphatic heterocycles. The molecule has 2 unspecified atom stereocenters. The number of nitrogens with one attached hydrogen (secondary N) is 1. The zero-order valence-electron chi connectivity index (χ0n) is 19.8. The predicted octanol–water partition coefficient (Wildman–Crippen LogP) is 3.84. The Morgan fingerprint density at radius 3 is 2.06 bits per heavy atom. The van der Waals surface area contributed by atoms with Crippen molar-refractivity contribution in [3.05, 3.63) is 60.2 Å². The van der Waals surface area contributed by atoms with Crippen LogP contribution in [0.5, 0.6) is 0 Å². The van der Waals surface area contributed by atoms with Gasteiger partial charge >= 0.3 is 0 Å². The molecule has 2 atom stereocenters. The van der Waals surface area contributed by atoms with Gasteiger partial charge in [-0.1, -0.05) is 32.0 Å². The Hall–Kier alpha value is -2.71. The van der Waals surface area contributed by atoms with Crippen molar-refractivity contribution in [2.45, 2.75) is 38.0 Å². The fraction of sp³-hybridized carbons (Fsp3) is 0.462. The Kier molecular flexibility index (Phi) is 7.38. The molecule has 0 aromatic heterocycles. The first-order valence-corrected chi connectivity index (χ1v) is 13.4. The van der Waals surface area contributed by atoms with Crippen LogP contribution in [0.2, 0.25) is 0 Å². The van der Waals surface area contributed by atoms with Crippen molar-refractivity contribution in [2.75, 3.05) is 31.5 Å². The summed E-state index contributed by atoms with van der Waals surface area (Å²) in [6.07, 6.45) is 2.23. The van der Waals surface area contributed by atoms with E-state index in [0.29, 0.717) is 56.4 Å². The largest absolute Gasteiger partial charge is 0.339 e. The Morgan fingerprint density at radius 2 is 1.47 bits per heavy atom. The summed E-state index contributed by atoms with van der Waals surface area (Å²) in [4.78, 5) is 27.5. The number of sulfonamides is 1. The molecule has 0 bridgehead atoms. The number of carbonyl (C=O) groups is 2. The van der Waals surface area contributed by atoms with Gasteiger partial charge in [0.1, 0.15) is 0 Å². The minimum Gasteiger partial charge on any atom is -0.339 e. The van der Waals surface area contributed by atoms with Crippen LogP contribution in [0.1, 0.15) is 43.5 Å². The summed E-state index contributed by atoms with van der Waals surface area (Å²) in [5.41, 5.74) is 1.24. The van der Waals surface area contributed by atoms with Crippen LogP contribution in [0.3, 0.4) is 0 Å². The van der Waals surface area contributed by atoms with Gasteiger partial charge in [-0.05, 0) is 67.5 Å². The third-order valence-electron chi connectivity index (χ3n) is 6.77. The molecule has 182 valence electrons. The highest BCUT2D eigenvalue weighted by molar-refractivity contribution is 7.89. The predicted molar refractivity (Wildman–Crippen MR) is 132 cm³/mol. The minimum atomic E-state index is -3.57. The molecule has 34 heavy (non-hydrogen) atoms. The van der Waals surface area contributed by atoms with Crippen LogP contribution < -0.4 is 5.32 Å². The average Bonchev–Trinajstić information content (AvgIpc) is 2.84. The maximum absolute atomic E-state index is 13.1. The van der Waals surface area contributed by atoms with Crippen LogP contribution >= 0.6 is 0 Å². The summed E-state index contributed by atoms with van der Waals surface area (Å²) in [6.45, 7) is 6.20. The maximum atomic E-state index is 13.1. The lowest BCUT2D eigenvalue weighted by atomic mass is 9.94. The van der Waals surface area contributed by atoms with E-state index in [2.05, 4.69) is 19.2 Å². The molecule has 2 fully saturated rings. The molecule has 0 radical (unpaired) electrons. The molecule has 0 spiro atoms. The summed E-state index contributed by atoms with van der Waals surface area (Å²) in [5, 5.41) is 2.94. The highest BCUT2D eigenvalue weighted by Gasteiger charge is 2.32.